The number of hydrogen-bond donors (Lipinski definition) is 17. The molecule has 5 saturated heterocycles. The molecule has 5 aliphatic heterocycles. The first-order chi connectivity index (χ1) is 36.3. The fraction of sp³-hybridized carbons (Fsp3) is 0.935. The zero-order valence-corrected chi connectivity index (χ0v) is 47.1. The fourth-order valence-corrected chi connectivity index (χ4v) is 8.60. The molecule has 0 bridgehead atoms. The van der Waals surface area contributed by atoms with Gasteiger partial charge in [-0.15, -0.1) is 0 Å². The maximum atomic E-state index is 11.4. The Hall–Kier alpha value is 0.683. The van der Waals surface area contributed by atoms with Crippen molar-refractivity contribution in [3.8, 4) is 0 Å². The molecule has 17 N–H and O–H groups in total. The first kappa shape index (κ1) is 77.7. The molecule has 0 aromatic carbocycles. The summed E-state index contributed by atoms with van der Waals surface area (Å²) in [5.41, 5.74) is 0. The molecule has 23 atom stereocenters. The predicted octanol–water partition coefficient (Wildman–Crippen LogP) is -12.8. The third-order valence-corrected chi connectivity index (χ3v) is 13.2. The topological polar surface area (TPSA) is 510 Å². The number of carbonyl (C=O) groups excluding carboxylic acids is 3. The molecule has 0 saturated carbocycles. The molecular formula is C46H82K2O31. The van der Waals surface area contributed by atoms with Crippen LogP contribution in [0.4, 0.5) is 0 Å². The minimum absolute atomic E-state index is 0. The third kappa shape index (κ3) is 22.1. The van der Waals surface area contributed by atoms with Crippen LogP contribution in [0.3, 0.4) is 0 Å². The number of carboxylic acids is 1. The first-order valence-electron chi connectivity index (χ1n) is 25.3. The summed E-state index contributed by atoms with van der Waals surface area (Å²) in [5.74, 6) is -7.05. The van der Waals surface area contributed by atoms with E-state index >= 15 is 0 Å². The van der Waals surface area contributed by atoms with E-state index in [0.29, 0.717) is 0 Å². The quantitative estimate of drug-likeness (QED) is 0.0229. The summed E-state index contributed by atoms with van der Waals surface area (Å²) in [6.45, 7) is -0.757. The van der Waals surface area contributed by atoms with Crippen LogP contribution in [0.25, 0.3) is 0 Å². The molecule has 454 valence electrons. The van der Waals surface area contributed by atoms with Crippen LogP contribution in [-0.4, -0.2) is 343 Å². The second-order valence-electron chi connectivity index (χ2n) is 19.2. The standard InChI is InChI=1S/C22H36O18.C12H22O11.C12H24O2.2K.H/c1-7(24)34-4-10-12(26)15(29)17(31)20(37-10)35-5-11-13(27)16(30)18(32)21(38-11)40-22(6-36-8(2)25)19(33)14(28)9(3-23)39-22;13-1-4-6(16)8(18)9(19)11(21-4)23-12(3-15)10(20)7(17)5(2-14)22-12;1-2-3-4-5-6-7-8-9-10-11-12(13)14;;;/h9-21,23,26-33H,3-6H2,1-2H3;4-11,13-20H,1-3H2;2-11H2,1H3,(H,13,14);;;/q;;;;+1;/p-1/t9-,10-,11-,12+,13-,14-,15+,16+,17-,18-,19+,20?,21?,22+;4-,5-,6-,7-,8+,9-,10+,11-,12+;;;;/m11..../s1. The minimum atomic E-state index is -2.38. The molecule has 5 heterocycles. The van der Waals surface area contributed by atoms with Gasteiger partial charge in [-0.2, -0.15) is 0 Å². The fourth-order valence-electron chi connectivity index (χ4n) is 8.60. The van der Waals surface area contributed by atoms with Gasteiger partial charge in [0.05, 0.1) is 26.4 Å². The number of aliphatic hydroxyl groups is 17. The van der Waals surface area contributed by atoms with Crippen LogP contribution < -0.4 is 56.5 Å². The van der Waals surface area contributed by atoms with Gasteiger partial charge in [0, 0.05) is 19.8 Å². The summed E-state index contributed by atoms with van der Waals surface area (Å²) in [4.78, 5) is 32.6. The SMILES string of the molecule is CC(=O)OC[C@H]1OC(OC[C@H]2OC(O[C@]3(COC(C)=O)O[C@H](CO)[C@@H](O)[C@@H]3O)[C@H](O)[C@@H](O)[C@@H]2O)[C@H](O)[C@@H](O)[C@H]1O.CCCCCCCCCCCC(=O)[O-].OC[C@H]1O[C@@](CO)(O[C@H]2O[C@H](CO)[C@@H](O)[C@H](O)[C@H]2O)[C@@H](O)[C@@H]1O.[K+].[KH]. The van der Waals surface area contributed by atoms with Crippen LogP contribution in [0, 0.1) is 0 Å². The number of aliphatic carboxylic acids is 1. The van der Waals surface area contributed by atoms with Crippen molar-refractivity contribution in [3.63, 3.8) is 0 Å². The van der Waals surface area contributed by atoms with E-state index in [1.807, 2.05) is 0 Å². The van der Waals surface area contributed by atoms with E-state index in [9.17, 15) is 96.1 Å². The summed E-state index contributed by atoms with van der Waals surface area (Å²) < 4.78 is 52.3. The molecule has 0 aliphatic carbocycles. The Balaban J connectivity index is 0.000000674. The molecule has 33 heteroatoms. The molecule has 5 fully saturated rings. The summed E-state index contributed by atoms with van der Waals surface area (Å²) in [6.07, 6.45) is -23.9. The molecule has 5 aliphatic rings. The average Bonchev–Trinajstić information content (AvgIpc) is 3.79. The Morgan fingerprint density at radius 3 is 1.28 bits per heavy atom. The van der Waals surface area contributed by atoms with E-state index in [1.165, 1.54) is 44.9 Å². The third-order valence-electron chi connectivity index (χ3n) is 13.2. The molecule has 79 heavy (non-hydrogen) atoms. The van der Waals surface area contributed by atoms with Gasteiger partial charge in [0.25, 0.3) is 0 Å². The van der Waals surface area contributed by atoms with E-state index in [1.54, 1.807) is 0 Å². The van der Waals surface area contributed by atoms with Crippen molar-refractivity contribution in [2.45, 2.75) is 225 Å². The zero-order valence-electron chi connectivity index (χ0n) is 44.0. The number of aliphatic hydroxyl groups excluding tert-OH is 17. The molecule has 0 amide bonds. The van der Waals surface area contributed by atoms with Crippen LogP contribution in [0.5, 0.6) is 0 Å². The summed E-state index contributed by atoms with van der Waals surface area (Å²) >= 11 is 0. The number of carbonyl (C=O) groups is 3. The molecule has 5 rings (SSSR count). The summed E-state index contributed by atoms with van der Waals surface area (Å²) in [6, 6.07) is 0. The molecule has 0 radical (unpaired) electrons. The van der Waals surface area contributed by atoms with Crippen molar-refractivity contribution >= 4 is 69.3 Å². The normalized spacial score (nSPS) is 39.9. The second-order valence-corrected chi connectivity index (χ2v) is 19.2. The van der Waals surface area contributed by atoms with Gasteiger partial charge in [0.2, 0.25) is 11.6 Å². The number of ether oxygens (including phenoxy) is 10. The van der Waals surface area contributed by atoms with Crippen molar-refractivity contribution in [2.24, 2.45) is 0 Å². The molecule has 31 nitrogen and oxygen atoms in total. The van der Waals surface area contributed by atoms with Gasteiger partial charge in [0.15, 0.2) is 18.9 Å². The van der Waals surface area contributed by atoms with Crippen LogP contribution >= 0.6 is 0 Å². The molecular weight excluding hydrogens is 1130 g/mol. The predicted molar refractivity (Wildman–Crippen MR) is 253 cm³/mol. The molecule has 0 spiro atoms. The van der Waals surface area contributed by atoms with E-state index in [4.69, 9.17) is 57.6 Å². The van der Waals surface area contributed by atoms with E-state index in [0.717, 1.165) is 26.7 Å². The van der Waals surface area contributed by atoms with Gasteiger partial charge in [-0.1, -0.05) is 58.3 Å². The van der Waals surface area contributed by atoms with E-state index < -0.39 is 204 Å². The Bertz CT molecular complexity index is 1730. The number of rotatable bonds is 25. The van der Waals surface area contributed by atoms with Crippen molar-refractivity contribution in [3.05, 3.63) is 0 Å². The van der Waals surface area contributed by atoms with Gasteiger partial charge in [-0.3, -0.25) is 9.59 Å². The van der Waals surface area contributed by atoms with Crippen LogP contribution in [-0.2, 0) is 61.8 Å². The van der Waals surface area contributed by atoms with Gasteiger partial charge in [0.1, 0.15) is 130 Å². The number of carboxylic acid groups (broad SMARTS) is 1. The summed E-state index contributed by atoms with van der Waals surface area (Å²) in [5, 5.41) is 179. The van der Waals surface area contributed by atoms with Gasteiger partial charge < -0.3 is 144 Å². The zero-order chi connectivity index (χ0) is 57.9. The maximum absolute atomic E-state index is 11.4. The van der Waals surface area contributed by atoms with Crippen molar-refractivity contribution < 1.29 is 205 Å². The Kier molecular flexibility index (Phi) is 37.4. The monoisotopic (exact) mass is 1210 g/mol. The summed E-state index contributed by atoms with van der Waals surface area (Å²) in [7, 11) is 0. The van der Waals surface area contributed by atoms with Crippen molar-refractivity contribution in [1.82, 2.24) is 0 Å². The van der Waals surface area contributed by atoms with E-state index in [2.05, 4.69) is 6.92 Å². The number of hydrogen-bond acceptors (Lipinski definition) is 31. The molecule has 0 aromatic heterocycles. The second kappa shape index (κ2) is 38.1. The van der Waals surface area contributed by atoms with Gasteiger partial charge in [-0.05, 0) is 12.8 Å². The average molecular weight is 1210 g/mol. The molecule has 0 aromatic rings. The molecule has 2 unspecified atom stereocenters. The first-order valence-corrected chi connectivity index (χ1v) is 25.3. The Morgan fingerprint density at radius 2 is 0.848 bits per heavy atom. The van der Waals surface area contributed by atoms with Gasteiger partial charge in [-0.25, -0.2) is 0 Å². The van der Waals surface area contributed by atoms with E-state index in [-0.39, 0.29) is 109 Å². The van der Waals surface area contributed by atoms with Crippen molar-refractivity contribution in [1.29, 1.82) is 0 Å². The Morgan fingerprint density at radius 1 is 0.468 bits per heavy atom. The number of esters is 2. The van der Waals surface area contributed by atoms with Crippen LogP contribution in [0.1, 0.15) is 85.0 Å². The van der Waals surface area contributed by atoms with Crippen molar-refractivity contribution in [2.75, 3.05) is 46.2 Å². The van der Waals surface area contributed by atoms with Gasteiger partial charge >= 0.3 is 115 Å². The van der Waals surface area contributed by atoms with Crippen LogP contribution in [0.2, 0.25) is 0 Å². The number of unbranched alkanes of at least 4 members (excludes halogenated alkanes) is 8. The van der Waals surface area contributed by atoms with Crippen LogP contribution in [0.15, 0.2) is 0 Å². The Labute approximate surface area is 540 Å².